The predicted molar refractivity (Wildman–Crippen MR) is 60.9 cm³/mol. The van der Waals surface area contributed by atoms with Crippen LogP contribution in [0.25, 0.3) is 10.9 Å². The smallest absolute Gasteiger partial charge is 0.218 e. The number of benzene rings is 1. The number of aromatic nitrogens is 2. The predicted octanol–water partition coefficient (Wildman–Crippen LogP) is 3.40. The van der Waals surface area contributed by atoms with Crippen molar-refractivity contribution in [3.63, 3.8) is 0 Å². The number of nitrogens with zero attached hydrogens (tertiary/aromatic N) is 2. The fourth-order valence-corrected chi connectivity index (χ4v) is 2.25. The van der Waals surface area contributed by atoms with Gasteiger partial charge >= 0.3 is 0 Å². The Morgan fingerprint density at radius 2 is 2.07 bits per heavy atom. The van der Waals surface area contributed by atoms with Gasteiger partial charge in [-0.05, 0) is 23.4 Å². The van der Waals surface area contributed by atoms with Crippen molar-refractivity contribution in [2.45, 2.75) is 11.9 Å². The van der Waals surface area contributed by atoms with Crippen molar-refractivity contribution in [3.05, 3.63) is 29.5 Å². The second-order valence-electron chi connectivity index (χ2n) is 2.75. The quantitative estimate of drug-likeness (QED) is 0.444. The molecule has 0 saturated heterocycles. The third-order valence-electron chi connectivity index (χ3n) is 1.82. The average Bonchev–Trinajstić information content (AvgIpc) is 2.18. The van der Waals surface area contributed by atoms with E-state index in [-0.39, 0.29) is 0 Å². The van der Waals surface area contributed by atoms with Crippen LogP contribution in [0.3, 0.4) is 0 Å². The topological polar surface area (TPSA) is 25.8 Å². The first-order valence-corrected chi connectivity index (χ1v) is 5.72. The summed E-state index contributed by atoms with van der Waals surface area (Å²) in [5, 5.41) is 2.35. The van der Waals surface area contributed by atoms with E-state index in [2.05, 4.69) is 16.9 Å². The van der Waals surface area contributed by atoms with Crippen LogP contribution in [0.2, 0.25) is 5.28 Å². The van der Waals surface area contributed by atoms with Crippen LogP contribution in [0.15, 0.2) is 29.3 Å². The zero-order valence-electron chi connectivity index (χ0n) is 7.70. The van der Waals surface area contributed by atoms with Crippen LogP contribution in [-0.4, -0.2) is 15.7 Å². The summed E-state index contributed by atoms with van der Waals surface area (Å²) < 4.78 is 0. The molecule has 0 spiro atoms. The SMILES string of the molecule is CCSc1nc(Cl)nc2ccccc12. The van der Waals surface area contributed by atoms with E-state index in [1.165, 1.54) is 0 Å². The molecule has 0 unspecified atom stereocenters. The summed E-state index contributed by atoms with van der Waals surface area (Å²) in [7, 11) is 0. The number of rotatable bonds is 2. The summed E-state index contributed by atoms with van der Waals surface area (Å²) in [6, 6.07) is 7.90. The van der Waals surface area contributed by atoms with Crippen molar-refractivity contribution >= 4 is 34.3 Å². The maximum atomic E-state index is 5.82. The van der Waals surface area contributed by atoms with E-state index in [1.54, 1.807) is 11.8 Å². The minimum absolute atomic E-state index is 0.319. The largest absolute Gasteiger partial charge is 0.224 e. The molecule has 4 heteroatoms. The lowest BCUT2D eigenvalue weighted by molar-refractivity contribution is 1.10. The molecule has 0 aliphatic heterocycles. The Hall–Kier alpha value is -0.800. The van der Waals surface area contributed by atoms with E-state index >= 15 is 0 Å². The monoisotopic (exact) mass is 224 g/mol. The molecule has 0 fully saturated rings. The van der Waals surface area contributed by atoms with E-state index < -0.39 is 0 Å². The second-order valence-corrected chi connectivity index (χ2v) is 4.34. The Morgan fingerprint density at radius 1 is 1.29 bits per heavy atom. The highest BCUT2D eigenvalue weighted by molar-refractivity contribution is 7.99. The molecule has 0 aliphatic rings. The fraction of sp³-hybridized carbons (Fsp3) is 0.200. The van der Waals surface area contributed by atoms with Crippen molar-refractivity contribution in [1.82, 2.24) is 9.97 Å². The van der Waals surface area contributed by atoms with Crippen molar-refractivity contribution < 1.29 is 0 Å². The molecular formula is C10H9ClN2S. The molecule has 0 amide bonds. The van der Waals surface area contributed by atoms with Gasteiger partial charge in [0.05, 0.1) is 5.52 Å². The Balaban J connectivity index is 2.67. The van der Waals surface area contributed by atoms with Gasteiger partial charge in [-0.2, -0.15) is 0 Å². The Kier molecular flexibility index (Phi) is 2.89. The van der Waals surface area contributed by atoms with Crippen LogP contribution < -0.4 is 0 Å². The zero-order chi connectivity index (χ0) is 9.97. The maximum absolute atomic E-state index is 5.82. The third kappa shape index (κ3) is 1.83. The van der Waals surface area contributed by atoms with Crippen LogP contribution in [0.5, 0.6) is 0 Å². The van der Waals surface area contributed by atoms with Crippen LogP contribution in [-0.2, 0) is 0 Å². The first kappa shape index (κ1) is 9.74. The highest BCUT2D eigenvalue weighted by Gasteiger charge is 2.04. The van der Waals surface area contributed by atoms with Gasteiger partial charge < -0.3 is 0 Å². The number of thioether (sulfide) groups is 1. The summed E-state index contributed by atoms with van der Waals surface area (Å²) >= 11 is 7.51. The summed E-state index contributed by atoms with van der Waals surface area (Å²) in [4.78, 5) is 8.37. The summed E-state index contributed by atoms with van der Waals surface area (Å²) in [5.74, 6) is 0.983. The number of hydrogen-bond acceptors (Lipinski definition) is 3. The Bertz CT molecular complexity index is 459. The van der Waals surface area contributed by atoms with Gasteiger partial charge in [-0.1, -0.05) is 25.1 Å². The van der Waals surface area contributed by atoms with Gasteiger partial charge in [-0.15, -0.1) is 11.8 Å². The minimum Gasteiger partial charge on any atom is -0.218 e. The van der Waals surface area contributed by atoms with Crippen molar-refractivity contribution in [2.75, 3.05) is 5.75 Å². The van der Waals surface area contributed by atoms with E-state index in [1.807, 2.05) is 24.3 Å². The normalized spacial score (nSPS) is 10.7. The van der Waals surface area contributed by atoms with Gasteiger partial charge in [0.15, 0.2) is 0 Å². The molecule has 1 aromatic heterocycles. The minimum atomic E-state index is 0.319. The summed E-state index contributed by atoms with van der Waals surface area (Å²) in [6.07, 6.45) is 0. The lowest BCUT2D eigenvalue weighted by Gasteiger charge is -2.03. The maximum Gasteiger partial charge on any atom is 0.224 e. The van der Waals surface area contributed by atoms with Gasteiger partial charge in [-0.25, -0.2) is 9.97 Å². The number of hydrogen-bond donors (Lipinski definition) is 0. The first-order chi connectivity index (χ1) is 6.81. The molecule has 0 bridgehead atoms. The third-order valence-corrected chi connectivity index (χ3v) is 2.86. The second kappa shape index (κ2) is 4.15. The lowest BCUT2D eigenvalue weighted by Crippen LogP contribution is -1.89. The van der Waals surface area contributed by atoms with Gasteiger partial charge in [-0.3, -0.25) is 0 Å². The molecule has 2 aromatic rings. The highest BCUT2D eigenvalue weighted by atomic mass is 35.5. The molecule has 0 saturated carbocycles. The van der Waals surface area contributed by atoms with E-state index in [4.69, 9.17) is 11.6 Å². The Morgan fingerprint density at radius 3 is 2.86 bits per heavy atom. The van der Waals surface area contributed by atoms with Crippen LogP contribution in [0.4, 0.5) is 0 Å². The molecule has 2 rings (SSSR count). The fourth-order valence-electron chi connectivity index (χ4n) is 1.27. The lowest BCUT2D eigenvalue weighted by atomic mass is 10.2. The van der Waals surface area contributed by atoms with Gasteiger partial charge in [0, 0.05) is 5.39 Å². The standard InChI is InChI=1S/C10H9ClN2S/c1-2-14-9-7-5-3-4-6-8(7)12-10(11)13-9/h3-6H,2H2,1H3. The van der Waals surface area contributed by atoms with E-state index in [9.17, 15) is 0 Å². The first-order valence-electron chi connectivity index (χ1n) is 4.36. The highest BCUT2D eigenvalue weighted by Crippen LogP contribution is 2.25. The van der Waals surface area contributed by atoms with Gasteiger partial charge in [0.25, 0.3) is 0 Å². The number of halogens is 1. The molecule has 0 N–H and O–H groups in total. The molecule has 72 valence electrons. The molecule has 14 heavy (non-hydrogen) atoms. The molecular weight excluding hydrogens is 216 g/mol. The number of fused-ring (bicyclic) bond motifs is 1. The Labute approximate surface area is 91.7 Å². The molecule has 1 heterocycles. The molecule has 0 radical (unpaired) electrons. The van der Waals surface area contributed by atoms with Crippen molar-refractivity contribution in [2.24, 2.45) is 0 Å². The molecule has 1 aromatic carbocycles. The average molecular weight is 225 g/mol. The van der Waals surface area contributed by atoms with E-state index in [0.717, 1.165) is 21.7 Å². The van der Waals surface area contributed by atoms with Gasteiger partial charge in [0.1, 0.15) is 5.03 Å². The van der Waals surface area contributed by atoms with Crippen molar-refractivity contribution in [1.29, 1.82) is 0 Å². The van der Waals surface area contributed by atoms with Crippen LogP contribution >= 0.6 is 23.4 Å². The van der Waals surface area contributed by atoms with Gasteiger partial charge in [0.2, 0.25) is 5.28 Å². The molecule has 0 atom stereocenters. The molecule has 2 nitrogen and oxygen atoms in total. The number of para-hydroxylation sites is 1. The zero-order valence-corrected chi connectivity index (χ0v) is 9.27. The summed E-state index contributed by atoms with van der Waals surface area (Å²) in [5.41, 5.74) is 0.906. The van der Waals surface area contributed by atoms with E-state index in [0.29, 0.717) is 5.28 Å². The molecule has 0 aliphatic carbocycles. The van der Waals surface area contributed by atoms with Crippen LogP contribution in [0.1, 0.15) is 6.92 Å². The summed E-state index contributed by atoms with van der Waals surface area (Å²) in [6.45, 7) is 2.09. The van der Waals surface area contributed by atoms with Crippen LogP contribution in [0, 0.1) is 0 Å². The van der Waals surface area contributed by atoms with Crippen molar-refractivity contribution in [3.8, 4) is 0 Å².